The number of rotatable bonds is 3. The van der Waals surface area contributed by atoms with Crippen LogP contribution in [0.15, 0.2) is 0 Å². The fourth-order valence-electron chi connectivity index (χ4n) is 2.30. The van der Waals surface area contributed by atoms with Gasteiger partial charge in [0.15, 0.2) is 0 Å². The summed E-state index contributed by atoms with van der Waals surface area (Å²) in [7, 11) is 0. The van der Waals surface area contributed by atoms with Gasteiger partial charge in [-0.05, 0) is 31.8 Å². The van der Waals surface area contributed by atoms with Gasteiger partial charge in [0.2, 0.25) is 11.8 Å². The van der Waals surface area contributed by atoms with Crippen LogP contribution in [-0.2, 0) is 9.59 Å². The molecule has 2 rings (SSSR count). The molecule has 0 aromatic carbocycles. The molecule has 0 aliphatic carbocycles. The zero-order chi connectivity index (χ0) is 11.4. The highest BCUT2D eigenvalue weighted by molar-refractivity contribution is 5.85. The van der Waals surface area contributed by atoms with Gasteiger partial charge in [0.25, 0.3) is 0 Å². The van der Waals surface area contributed by atoms with Crippen LogP contribution in [0.25, 0.3) is 0 Å². The molecule has 2 fully saturated rings. The van der Waals surface area contributed by atoms with Crippen LogP contribution >= 0.6 is 0 Å². The van der Waals surface area contributed by atoms with Crippen molar-refractivity contribution in [2.75, 3.05) is 32.7 Å². The van der Waals surface area contributed by atoms with E-state index in [1.54, 1.807) is 4.90 Å². The Labute approximate surface area is 95.6 Å². The lowest BCUT2D eigenvalue weighted by Gasteiger charge is -2.27. The van der Waals surface area contributed by atoms with Crippen molar-refractivity contribution in [3.63, 3.8) is 0 Å². The molecule has 2 saturated heterocycles. The topological polar surface area (TPSA) is 61.4 Å². The first-order valence-electron chi connectivity index (χ1n) is 6.01. The van der Waals surface area contributed by atoms with Gasteiger partial charge in [0.05, 0.1) is 6.54 Å². The first-order chi connectivity index (χ1) is 7.75. The average molecular weight is 225 g/mol. The van der Waals surface area contributed by atoms with Crippen molar-refractivity contribution in [3.8, 4) is 0 Å². The van der Waals surface area contributed by atoms with Crippen molar-refractivity contribution in [1.82, 2.24) is 15.5 Å². The van der Waals surface area contributed by atoms with E-state index in [9.17, 15) is 9.59 Å². The highest BCUT2D eigenvalue weighted by Gasteiger charge is 2.22. The van der Waals surface area contributed by atoms with Gasteiger partial charge in [-0.25, -0.2) is 0 Å². The number of nitrogens with zero attached hydrogens (tertiary/aromatic N) is 1. The number of amides is 2. The van der Waals surface area contributed by atoms with Crippen LogP contribution in [0, 0.1) is 5.92 Å². The van der Waals surface area contributed by atoms with Crippen LogP contribution in [0.1, 0.15) is 19.3 Å². The summed E-state index contributed by atoms with van der Waals surface area (Å²) in [6.45, 7) is 3.60. The Morgan fingerprint density at radius 1 is 1.44 bits per heavy atom. The van der Waals surface area contributed by atoms with Crippen molar-refractivity contribution in [3.05, 3.63) is 0 Å². The first-order valence-corrected chi connectivity index (χ1v) is 6.01. The molecular formula is C11H19N3O2. The molecule has 0 aromatic rings. The van der Waals surface area contributed by atoms with Crippen molar-refractivity contribution in [1.29, 1.82) is 0 Å². The molecule has 2 amide bonds. The van der Waals surface area contributed by atoms with E-state index in [-0.39, 0.29) is 18.4 Å². The average Bonchev–Trinajstić information content (AvgIpc) is 2.78. The van der Waals surface area contributed by atoms with Gasteiger partial charge < -0.3 is 15.5 Å². The number of carbonyl (C=O) groups is 2. The lowest BCUT2D eigenvalue weighted by molar-refractivity contribution is -0.138. The SMILES string of the molecule is O=C1CN(C(=O)CCC2CCNC2)CCN1. The van der Waals surface area contributed by atoms with E-state index in [0.717, 1.165) is 19.5 Å². The molecule has 0 bridgehead atoms. The molecule has 2 aliphatic rings. The predicted molar refractivity (Wildman–Crippen MR) is 59.8 cm³/mol. The standard InChI is InChI=1S/C11H19N3O2/c15-10-8-14(6-5-13-10)11(16)2-1-9-3-4-12-7-9/h9,12H,1-8H2,(H,13,15). The third-order valence-electron chi connectivity index (χ3n) is 3.32. The van der Waals surface area contributed by atoms with Gasteiger partial charge in [0, 0.05) is 19.5 Å². The maximum atomic E-state index is 11.8. The minimum absolute atomic E-state index is 0.0397. The van der Waals surface area contributed by atoms with E-state index in [1.165, 1.54) is 6.42 Å². The van der Waals surface area contributed by atoms with Gasteiger partial charge in [-0.3, -0.25) is 9.59 Å². The van der Waals surface area contributed by atoms with Crippen molar-refractivity contribution in [2.24, 2.45) is 5.92 Å². The second-order valence-corrected chi connectivity index (χ2v) is 4.56. The van der Waals surface area contributed by atoms with Crippen LogP contribution in [0.4, 0.5) is 0 Å². The molecule has 1 unspecified atom stereocenters. The van der Waals surface area contributed by atoms with E-state index in [2.05, 4.69) is 10.6 Å². The summed E-state index contributed by atoms with van der Waals surface area (Å²) in [5.74, 6) is 0.728. The number of hydrogen-bond donors (Lipinski definition) is 2. The summed E-state index contributed by atoms with van der Waals surface area (Å²) >= 11 is 0. The molecule has 0 spiro atoms. The van der Waals surface area contributed by atoms with Gasteiger partial charge >= 0.3 is 0 Å². The van der Waals surface area contributed by atoms with Gasteiger partial charge in [0.1, 0.15) is 0 Å². The molecule has 90 valence electrons. The number of piperazine rings is 1. The van der Waals surface area contributed by atoms with Crippen LogP contribution < -0.4 is 10.6 Å². The third-order valence-corrected chi connectivity index (χ3v) is 3.32. The molecule has 0 aromatic heterocycles. The molecule has 2 heterocycles. The lowest BCUT2D eigenvalue weighted by Crippen LogP contribution is -2.50. The van der Waals surface area contributed by atoms with E-state index in [4.69, 9.17) is 0 Å². The van der Waals surface area contributed by atoms with Crippen LogP contribution in [0.3, 0.4) is 0 Å². The Morgan fingerprint density at radius 2 is 2.31 bits per heavy atom. The molecule has 0 radical (unpaired) electrons. The molecular weight excluding hydrogens is 206 g/mol. The summed E-state index contributed by atoms with van der Waals surface area (Å²) in [6.07, 6.45) is 2.71. The molecule has 16 heavy (non-hydrogen) atoms. The molecule has 2 aliphatic heterocycles. The van der Waals surface area contributed by atoms with Crippen LogP contribution in [0.2, 0.25) is 0 Å². The van der Waals surface area contributed by atoms with Crippen LogP contribution in [-0.4, -0.2) is 49.4 Å². The molecule has 5 nitrogen and oxygen atoms in total. The Morgan fingerprint density at radius 3 is 3.00 bits per heavy atom. The third kappa shape index (κ3) is 2.95. The number of nitrogens with one attached hydrogen (secondary N) is 2. The Bertz CT molecular complexity index is 274. The van der Waals surface area contributed by atoms with E-state index < -0.39 is 0 Å². The minimum atomic E-state index is -0.0397. The Kier molecular flexibility index (Phi) is 3.77. The zero-order valence-corrected chi connectivity index (χ0v) is 9.50. The number of carbonyl (C=O) groups excluding carboxylic acids is 2. The quantitative estimate of drug-likeness (QED) is 0.670. The van der Waals surface area contributed by atoms with E-state index >= 15 is 0 Å². The molecule has 1 atom stereocenters. The Balaban J connectivity index is 1.72. The molecule has 0 saturated carbocycles. The second kappa shape index (κ2) is 5.30. The lowest BCUT2D eigenvalue weighted by atomic mass is 10.0. The first kappa shape index (κ1) is 11.4. The highest BCUT2D eigenvalue weighted by Crippen LogP contribution is 2.15. The van der Waals surface area contributed by atoms with E-state index in [0.29, 0.717) is 25.4 Å². The monoisotopic (exact) mass is 225 g/mol. The Hall–Kier alpha value is -1.10. The number of hydrogen-bond acceptors (Lipinski definition) is 3. The van der Waals surface area contributed by atoms with Crippen molar-refractivity contribution in [2.45, 2.75) is 19.3 Å². The molecule has 2 N–H and O–H groups in total. The summed E-state index contributed by atoms with van der Waals surface area (Å²) < 4.78 is 0. The van der Waals surface area contributed by atoms with Crippen LogP contribution in [0.5, 0.6) is 0 Å². The van der Waals surface area contributed by atoms with Gasteiger partial charge in [-0.1, -0.05) is 0 Å². The minimum Gasteiger partial charge on any atom is -0.353 e. The van der Waals surface area contributed by atoms with Crippen molar-refractivity contribution >= 4 is 11.8 Å². The highest BCUT2D eigenvalue weighted by atomic mass is 16.2. The smallest absolute Gasteiger partial charge is 0.239 e. The second-order valence-electron chi connectivity index (χ2n) is 4.56. The fourth-order valence-corrected chi connectivity index (χ4v) is 2.30. The summed E-state index contributed by atoms with van der Waals surface area (Å²) in [5.41, 5.74) is 0. The van der Waals surface area contributed by atoms with Crippen molar-refractivity contribution < 1.29 is 9.59 Å². The maximum Gasteiger partial charge on any atom is 0.239 e. The van der Waals surface area contributed by atoms with Gasteiger partial charge in [-0.2, -0.15) is 0 Å². The fraction of sp³-hybridized carbons (Fsp3) is 0.818. The van der Waals surface area contributed by atoms with E-state index in [1.807, 2.05) is 0 Å². The largest absolute Gasteiger partial charge is 0.353 e. The summed E-state index contributed by atoms with van der Waals surface area (Å²) in [5, 5.41) is 6.01. The summed E-state index contributed by atoms with van der Waals surface area (Å²) in [6, 6.07) is 0. The maximum absolute atomic E-state index is 11.8. The predicted octanol–water partition coefficient (Wildman–Crippen LogP) is -0.665. The molecule has 5 heteroatoms. The normalized spacial score (nSPS) is 25.6. The summed E-state index contributed by atoms with van der Waals surface area (Å²) in [4.78, 5) is 24.6. The zero-order valence-electron chi connectivity index (χ0n) is 9.50. The van der Waals surface area contributed by atoms with Gasteiger partial charge in [-0.15, -0.1) is 0 Å².